The Morgan fingerprint density at radius 2 is 2.21 bits per heavy atom. The summed E-state index contributed by atoms with van der Waals surface area (Å²) in [7, 11) is 0. The number of H-pyrrole nitrogens is 1. The Kier molecular flexibility index (Phi) is 1.56. The molecule has 2 aromatic rings. The van der Waals surface area contributed by atoms with Crippen LogP contribution in [0.1, 0.15) is 24.6 Å². The maximum absolute atomic E-state index is 4.41. The van der Waals surface area contributed by atoms with Crippen LogP contribution in [0.15, 0.2) is 18.5 Å². The van der Waals surface area contributed by atoms with Gasteiger partial charge in [0.2, 0.25) is 0 Å². The largest absolute Gasteiger partial charge is 0.262 e. The predicted molar refractivity (Wildman–Crippen MR) is 49.4 cm³/mol. The third-order valence-electron chi connectivity index (χ3n) is 2.31. The molecule has 1 fully saturated rings. The van der Waals surface area contributed by atoms with E-state index in [0.717, 1.165) is 11.4 Å². The molecule has 1 saturated carbocycles. The maximum atomic E-state index is 4.41. The number of nitrogens with zero attached hydrogens (tertiary/aromatic N) is 4. The van der Waals surface area contributed by atoms with Crippen molar-refractivity contribution in [1.29, 1.82) is 0 Å². The van der Waals surface area contributed by atoms with E-state index in [9.17, 15) is 0 Å². The minimum absolute atomic E-state index is 0.603. The van der Waals surface area contributed by atoms with Crippen LogP contribution in [0.25, 0.3) is 11.4 Å². The number of aromatic amines is 1. The van der Waals surface area contributed by atoms with Crippen molar-refractivity contribution in [3.05, 3.63) is 24.3 Å². The van der Waals surface area contributed by atoms with Crippen LogP contribution < -0.4 is 0 Å². The normalized spacial score (nSPS) is 15.7. The molecule has 2 aromatic heterocycles. The lowest BCUT2D eigenvalue weighted by atomic mass is 10.3. The zero-order valence-corrected chi connectivity index (χ0v) is 7.51. The summed E-state index contributed by atoms with van der Waals surface area (Å²) in [6.07, 6.45) is 5.76. The van der Waals surface area contributed by atoms with Crippen molar-refractivity contribution in [3.8, 4) is 11.4 Å². The minimum Gasteiger partial charge on any atom is -0.262 e. The molecule has 0 amide bonds. The standard InChI is InChI=1S/C9H9N5/c1-2-6(1)8-12-9(14-13-8)7-3-4-10-11-5-7/h3-6H,1-2H2,(H,12,13,14). The second-order valence-electron chi connectivity index (χ2n) is 3.45. The number of aromatic nitrogens is 5. The Hall–Kier alpha value is -1.78. The third-order valence-corrected chi connectivity index (χ3v) is 2.31. The molecule has 0 bridgehead atoms. The zero-order valence-electron chi connectivity index (χ0n) is 7.51. The minimum atomic E-state index is 0.603. The Morgan fingerprint density at radius 3 is 2.93 bits per heavy atom. The van der Waals surface area contributed by atoms with Crippen molar-refractivity contribution in [2.75, 3.05) is 0 Å². The van der Waals surface area contributed by atoms with Gasteiger partial charge in [0.15, 0.2) is 5.82 Å². The van der Waals surface area contributed by atoms with E-state index < -0.39 is 0 Å². The van der Waals surface area contributed by atoms with Gasteiger partial charge < -0.3 is 0 Å². The molecule has 0 saturated heterocycles. The van der Waals surface area contributed by atoms with Crippen LogP contribution in [-0.4, -0.2) is 25.4 Å². The summed E-state index contributed by atoms with van der Waals surface area (Å²) >= 11 is 0. The van der Waals surface area contributed by atoms with E-state index in [0.29, 0.717) is 11.7 Å². The van der Waals surface area contributed by atoms with Gasteiger partial charge in [-0.1, -0.05) is 0 Å². The second kappa shape index (κ2) is 2.87. The molecular weight excluding hydrogens is 178 g/mol. The summed E-state index contributed by atoms with van der Waals surface area (Å²) < 4.78 is 0. The van der Waals surface area contributed by atoms with Gasteiger partial charge in [-0.15, -0.1) is 0 Å². The topological polar surface area (TPSA) is 67.3 Å². The molecule has 14 heavy (non-hydrogen) atoms. The highest BCUT2D eigenvalue weighted by Gasteiger charge is 2.27. The van der Waals surface area contributed by atoms with Crippen molar-refractivity contribution < 1.29 is 0 Å². The van der Waals surface area contributed by atoms with Crippen molar-refractivity contribution in [2.45, 2.75) is 18.8 Å². The second-order valence-corrected chi connectivity index (χ2v) is 3.45. The van der Waals surface area contributed by atoms with Crippen LogP contribution in [-0.2, 0) is 0 Å². The molecule has 5 nitrogen and oxygen atoms in total. The molecule has 0 spiro atoms. The summed E-state index contributed by atoms with van der Waals surface area (Å²) in [6.45, 7) is 0. The van der Waals surface area contributed by atoms with Gasteiger partial charge in [0.25, 0.3) is 0 Å². The van der Waals surface area contributed by atoms with Crippen LogP contribution >= 0.6 is 0 Å². The SMILES string of the molecule is c1cc(-c2n[nH]c(C3CC3)n2)cnn1. The van der Waals surface area contributed by atoms with Gasteiger partial charge in [-0.3, -0.25) is 5.10 Å². The fourth-order valence-electron chi connectivity index (χ4n) is 1.37. The van der Waals surface area contributed by atoms with E-state index in [4.69, 9.17) is 0 Å². The van der Waals surface area contributed by atoms with Crippen LogP contribution in [0.5, 0.6) is 0 Å². The Balaban J connectivity index is 1.96. The van der Waals surface area contributed by atoms with Gasteiger partial charge in [-0.25, -0.2) is 4.98 Å². The molecule has 0 unspecified atom stereocenters. The van der Waals surface area contributed by atoms with E-state index >= 15 is 0 Å². The van der Waals surface area contributed by atoms with Crippen LogP contribution in [0.4, 0.5) is 0 Å². The van der Waals surface area contributed by atoms with Crippen LogP contribution in [0.2, 0.25) is 0 Å². The molecule has 2 heterocycles. The highest BCUT2D eigenvalue weighted by molar-refractivity contribution is 5.51. The molecule has 0 aliphatic heterocycles. The lowest BCUT2D eigenvalue weighted by Gasteiger charge is -1.90. The van der Waals surface area contributed by atoms with Crippen molar-refractivity contribution in [1.82, 2.24) is 25.4 Å². The van der Waals surface area contributed by atoms with Gasteiger partial charge in [0.1, 0.15) is 5.82 Å². The van der Waals surface area contributed by atoms with Gasteiger partial charge in [0, 0.05) is 11.5 Å². The van der Waals surface area contributed by atoms with Gasteiger partial charge >= 0.3 is 0 Å². The molecule has 0 aromatic carbocycles. The first-order valence-corrected chi connectivity index (χ1v) is 4.63. The molecule has 0 atom stereocenters. The number of hydrogen-bond acceptors (Lipinski definition) is 4. The lowest BCUT2D eigenvalue weighted by Crippen LogP contribution is -1.84. The van der Waals surface area contributed by atoms with E-state index in [2.05, 4.69) is 25.4 Å². The predicted octanol–water partition coefficient (Wildman–Crippen LogP) is 1.14. The molecule has 70 valence electrons. The molecule has 0 radical (unpaired) electrons. The average Bonchev–Trinajstić information content (AvgIpc) is 2.98. The Labute approximate surface area is 80.6 Å². The summed E-state index contributed by atoms with van der Waals surface area (Å²) in [5.41, 5.74) is 0.906. The van der Waals surface area contributed by atoms with Crippen molar-refractivity contribution in [3.63, 3.8) is 0 Å². The van der Waals surface area contributed by atoms with E-state index in [1.165, 1.54) is 12.8 Å². The van der Waals surface area contributed by atoms with Gasteiger partial charge in [0.05, 0.1) is 12.4 Å². The van der Waals surface area contributed by atoms with Crippen molar-refractivity contribution in [2.24, 2.45) is 0 Å². The quantitative estimate of drug-likeness (QED) is 0.765. The molecule has 5 heteroatoms. The maximum Gasteiger partial charge on any atom is 0.182 e. The van der Waals surface area contributed by atoms with Crippen molar-refractivity contribution >= 4 is 0 Å². The number of nitrogens with one attached hydrogen (secondary N) is 1. The van der Waals surface area contributed by atoms with Gasteiger partial charge in [-0.2, -0.15) is 15.3 Å². The van der Waals surface area contributed by atoms with Gasteiger partial charge in [-0.05, 0) is 18.9 Å². The number of rotatable bonds is 2. The molecular formula is C9H9N5. The summed E-state index contributed by atoms with van der Waals surface area (Å²) in [5, 5.41) is 14.6. The first-order chi connectivity index (χ1) is 6.93. The smallest absolute Gasteiger partial charge is 0.182 e. The summed E-state index contributed by atoms with van der Waals surface area (Å²) in [4.78, 5) is 4.41. The highest BCUT2D eigenvalue weighted by Crippen LogP contribution is 2.38. The number of hydrogen-bond donors (Lipinski definition) is 1. The molecule has 1 aliphatic rings. The Morgan fingerprint density at radius 1 is 1.29 bits per heavy atom. The fraction of sp³-hybridized carbons (Fsp3) is 0.333. The first-order valence-electron chi connectivity index (χ1n) is 4.63. The van der Waals surface area contributed by atoms with Crippen LogP contribution in [0.3, 0.4) is 0 Å². The van der Waals surface area contributed by atoms with E-state index in [-0.39, 0.29) is 0 Å². The summed E-state index contributed by atoms with van der Waals surface area (Å²) in [6, 6.07) is 1.85. The van der Waals surface area contributed by atoms with E-state index in [1.54, 1.807) is 12.4 Å². The molecule has 3 rings (SSSR count). The third kappa shape index (κ3) is 1.26. The molecule has 1 aliphatic carbocycles. The van der Waals surface area contributed by atoms with Crippen LogP contribution in [0, 0.1) is 0 Å². The summed E-state index contributed by atoms with van der Waals surface area (Å²) in [5.74, 6) is 2.31. The molecule has 1 N–H and O–H groups in total. The average molecular weight is 187 g/mol. The fourth-order valence-corrected chi connectivity index (χ4v) is 1.37. The zero-order chi connectivity index (χ0) is 9.38. The van der Waals surface area contributed by atoms with E-state index in [1.807, 2.05) is 6.07 Å². The highest BCUT2D eigenvalue weighted by atomic mass is 15.2. The first kappa shape index (κ1) is 7.61. The lowest BCUT2D eigenvalue weighted by molar-refractivity contribution is 0.935. The monoisotopic (exact) mass is 187 g/mol. The Bertz CT molecular complexity index is 431.